The van der Waals surface area contributed by atoms with Crippen molar-refractivity contribution in [2.24, 2.45) is 0 Å². The molecule has 4 nitrogen and oxygen atoms in total. The van der Waals surface area contributed by atoms with Crippen molar-refractivity contribution >= 4 is 26.7 Å². The van der Waals surface area contributed by atoms with Gasteiger partial charge < -0.3 is 10.5 Å². The largest absolute Gasteiger partial charge is 0.383 e. The van der Waals surface area contributed by atoms with Crippen LogP contribution in [0.3, 0.4) is 0 Å². The molecule has 1 heterocycles. The highest BCUT2D eigenvalue weighted by molar-refractivity contribution is 7.22. The summed E-state index contributed by atoms with van der Waals surface area (Å²) >= 11 is 1.54. The van der Waals surface area contributed by atoms with E-state index in [0.29, 0.717) is 11.2 Å². The van der Waals surface area contributed by atoms with Crippen LogP contribution in [0.5, 0.6) is 0 Å². The van der Waals surface area contributed by atoms with Crippen LogP contribution in [0.1, 0.15) is 12.5 Å². The zero-order valence-corrected chi connectivity index (χ0v) is 11.8. The number of hydrogen-bond donors (Lipinski definition) is 1. The predicted molar refractivity (Wildman–Crippen MR) is 76.8 cm³/mol. The van der Waals surface area contributed by atoms with Crippen LogP contribution >= 0.6 is 11.3 Å². The van der Waals surface area contributed by atoms with Gasteiger partial charge in [-0.25, -0.2) is 4.98 Å². The lowest BCUT2D eigenvalue weighted by Crippen LogP contribution is -2.32. The van der Waals surface area contributed by atoms with Crippen molar-refractivity contribution in [3.8, 4) is 0 Å². The van der Waals surface area contributed by atoms with Crippen molar-refractivity contribution < 1.29 is 4.74 Å². The van der Waals surface area contributed by atoms with E-state index in [9.17, 15) is 0 Å². The molecule has 0 fully saturated rings. The van der Waals surface area contributed by atoms with Crippen molar-refractivity contribution in [3.05, 3.63) is 23.8 Å². The Morgan fingerprint density at radius 1 is 1.50 bits per heavy atom. The lowest BCUT2D eigenvalue weighted by molar-refractivity contribution is 0.112. The van der Waals surface area contributed by atoms with Crippen molar-refractivity contribution in [1.82, 2.24) is 9.88 Å². The summed E-state index contributed by atoms with van der Waals surface area (Å²) in [7, 11) is 3.84. The number of nitrogens with two attached hydrogens (primary N) is 1. The Hall–Kier alpha value is -1.17. The Morgan fingerprint density at radius 3 is 3.00 bits per heavy atom. The number of ether oxygens (including phenoxy) is 1. The normalized spacial score (nSPS) is 13.3. The molecule has 2 rings (SSSR count). The molecule has 1 atom stereocenters. The van der Waals surface area contributed by atoms with Gasteiger partial charge in [-0.15, -0.1) is 0 Å². The molecule has 0 spiro atoms. The highest BCUT2D eigenvalue weighted by Crippen LogP contribution is 2.25. The van der Waals surface area contributed by atoms with Gasteiger partial charge in [0.2, 0.25) is 0 Å². The SMILES string of the molecule is COCC(C)N(C)Cc1ccc2nc(N)sc2c1. The minimum absolute atomic E-state index is 0.400. The van der Waals surface area contributed by atoms with Gasteiger partial charge in [0.1, 0.15) is 0 Å². The van der Waals surface area contributed by atoms with Gasteiger partial charge in [-0.3, -0.25) is 4.90 Å². The maximum absolute atomic E-state index is 5.71. The minimum atomic E-state index is 0.400. The third kappa shape index (κ3) is 2.98. The molecule has 2 N–H and O–H groups in total. The van der Waals surface area contributed by atoms with Crippen LogP contribution in [0.4, 0.5) is 5.13 Å². The van der Waals surface area contributed by atoms with Crippen molar-refractivity contribution in [1.29, 1.82) is 0 Å². The summed E-state index contributed by atoms with van der Waals surface area (Å²) in [5.74, 6) is 0. The Labute approximate surface area is 111 Å². The number of nitrogens with zero attached hydrogens (tertiary/aromatic N) is 2. The van der Waals surface area contributed by atoms with E-state index >= 15 is 0 Å². The summed E-state index contributed by atoms with van der Waals surface area (Å²) < 4.78 is 6.32. The molecule has 0 amide bonds. The van der Waals surface area contributed by atoms with Crippen LogP contribution in [0.15, 0.2) is 18.2 Å². The zero-order valence-electron chi connectivity index (χ0n) is 11.0. The van der Waals surface area contributed by atoms with E-state index in [1.54, 1.807) is 7.11 Å². The van der Waals surface area contributed by atoms with Crippen molar-refractivity contribution in [3.63, 3.8) is 0 Å². The number of aromatic nitrogens is 1. The number of nitrogen functional groups attached to an aromatic ring is 1. The monoisotopic (exact) mass is 265 g/mol. The fourth-order valence-electron chi connectivity index (χ4n) is 1.90. The molecule has 0 aliphatic carbocycles. The van der Waals surface area contributed by atoms with Crippen molar-refractivity contribution in [2.45, 2.75) is 19.5 Å². The Bertz CT molecular complexity index is 526. The topological polar surface area (TPSA) is 51.4 Å². The molecule has 0 bridgehead atoms. The average Bonchev–Trinajstić information content (AvgIpc) is 2.68. The van der Waals surface area contributed by atoms with E-state index in [1.165, 1.54) is 16.9 Å². The van der Waals surface area contributed by atoms with Gasteiger partial charge in [-0.2, -0.15) is 0 Å². The molecule has 1 aromatic heterocycles. The second-order valence-electron chi connectivity index (χ2n) is 4.57. The number of benzene rings is 1. The first kappa shape index (κ1) is 13.3. The molecule has 0 aliphatic rings. The minimum Gasteiger partial charge on any atom is -0.383 e. The molecule has 0 radical (unpaired) electrons. The lowest BCUT2D eigenvalue weighted by Gasteiger charge is -2.23. The third-order valence-corrected chi connectivity index (χ3v) is 3.91. The number of thiazole rings is 1. The molecule has 0 saturated heterocycles. The first-order chi connectivity index (χ1) is 8.60. The zero-order chi connectivity index (χ0) is 13.1. The summed E-state index contributed by atoms with van der Waals surface area (Å²) in [5, 5.41) is 0.628. The van der Waals surface area contributed by atoms with Crippen LogP contribution in [0, 0.1) is 0 Å². The Balaban J connectivity index is 2.11. The number of likely N-dealkylation sites (N-methyl/N-ethyl adjacent to an activating group) is 1. The summed E-state index contributed by atoms with van der Waals surface area (Å²) in [6, 6.07) is 6.71. The molecule has 1 unspecified atom stereocenters. The van der Waals surface area contributed by atoms with Gasteiger partial charge in [0, 0.05) is 19.7 Å². The van der Waals surface area contributed by atoms with Crippen LogP contribution in [-0.2, 0) is 11.3 Å². The number of methoxy groups -OCH3 is 1. The van der Waals surface area contributed by atoms with Gasteiger partial charge in [-0.05, 0) is 31.7 Å². The third-order valence-electron chi connectivity index (χ3n) is 3.06. The van der Waals surface area contributed by atoms with Crippen LogP contribution in [0.25, 0.3) is 10.2 Å². The van der Waals surface area contributed by atoms with Crippen molar-refractivity contribution in [2.75, 3.05) is 26.5 Å². The Morgan fingerprint density at radius 2 is 2.28 bits per heavy atom. The standard InChI is InChI=1S/C13H19N3OS/c1-9(8-17-3)16(2)7-10-4-5-11-12(6-10)18-13(14)15-11/h4-6,9H,7-8H2,1-3H3,(H2,14,15). The molecule has 98 valence electrons. The molecule has 1 aromatic carbocycles. The van der Waals surface area contributed by atoms with Gasteiger partial charge in [0.15, 0.2) is 5.13 Å². The highest BCUT2D eigenvalue weighted by atomic mass is 32.1. The first-order valence-electron chi connectivity index (χ1n) is 5.94. The number of fused-ring (bicyclic) bond motifs is 1. The summed E-state index contributed by atoms with van der Waals surface area (Å²) in [6.45, 7) is 3.80. The molecular formula is C13H19N3OS. The highest BCUT2D eigenvalue weighted by Gasteiger charge is 2.10. The van der Waals surface area contributed by atoms with Gasteiger partial charge in [0.05, 0.1) is 16.8 Å². The van der Waals surface area contributed by atoms with E-state index in [4.69, 9.17) is 10.5 Å². The molecular weight excluding hydrogens is 246 g/mol. The number of anilines is 1. The van der Waals surface area contributed by atoms with E-state index in [0.717, 1.165) is 23.4 Å². The average molecular weight is 265 g/mol. The lowest BCUT2D eigenvalue weighted by atomic mass is 10.2. The maximum Gasteiger partial charge on any atom is 0.181 e. The van der Waals surface area contributed by atoms with Gasteiger partial charge >= 0.3 is 0 Å². The predicted octanol–water partition coefficient (Wildman–Crippen LogP) is 2.35. The second kappa shape index (κ2) is 5.65. The number of rotatable bonds is 5. The fourth-order valence-corrected chi connectivity index (χ4v) is 2.70. The molecule has 0 aliphatic heterocycles. The van der Waals surface area contributed by atoms with E-state index in [-0.39, 0.29) is 0 Å². The van der Waals surface area contributed by atoms with Crippen LogP contribution in [0.2, 0.25) is 0 Å². The molecule has 5 heteroatoms. The summed E-state index contributed by atoms with van der Waals surface area (Å²) in [4.78, 5) is 6.53. The van der Waals surface area contributed by atoms with E-state index in [1.807, 2.05) is 6.07 Å². The molecule has 0 saturated carbocycles. The van der Waals surface area contributed by atoms with E-state index < -0.39 is 0 Å². The second-order valence-corrected chi connectivity index (χ2v) is 5.64. The van der Waals surface area contributed by atoms with Crippen LogP contribution < -0.4 is 5.73 Å². The molecule has 2 aromatic rings. The van der Waals surface area contributed by atoms with Gasteiger partial charge in [0.25, 0.3) is 0 Å². The number of hydrogen-bond acceptors (Lipinski definition) is 5. The van der Waals surface area contributed by atoms with Gasteiger partial charge in [-0.1, -0.05) is 17.4 Å². The molecule has 18 heavy (non-hydrogen) atoms. The van der Waals surface area contributed by atoms with E-state index in [2.05, 4.69) is 36.0 Å². The maximum atomic E-state index is 5.71. The van der Waals surface area contributed by atoms with Crippen LogP contribution in [-0.4, -0.2) is 36.7 Å². The Kier molecular flexibility index (Phi) is 4.16. The first-order valence-corrected chi connectivity index (χ1v) is 6.76. The smallest absolute Gasteiger partial charge is 0.181 e. The summed E-state index contributed by atoms with van der Waals surface area (Å²) in [5.41, 5.74) is 7.97. The summed E-state index contributed by atoms with van der Waals surface area (Å²) in [6.07, 6.45) is 0. The fraction of sp³-hybridized carbons (Fsp3) is 0.462. The quantitative estimate of drug-likeness (QED) is 0.901.